The van der Waals surface area contributed by atoms with Gasteiger partial charge in [0.1, 0.15) is 18.3 Å². The molecule has 2 aromatic carbocycles. The maximum atomic E-state index is 10.2. The Morgan fingerprint density at radius 3 is 2.12 bits per heavy atom. The van der Waals surface area contributed by atoms with Crippen LogP contribution in [0.4, 0.5) is 11.4 Å². The second kappa shape index (κ2) is 9.60. The van der Waals surface area contributed by atoms with Gasteiger partial charge >= 0.3 is 0 Å². The SMILES string of the molecule is OC[C@H](O)[C@H](O)[C@@H](O)/C(N=Nc1ccccc1)=N\Nc1ccccc1. The second-order valence-electron chi connectivity index (χ2n) is 5.17. The van der Waals surface area contributed by atoms with E-state index in [2.05, 4.69) is 20.8 Å². The Morgan fingerprint density at radius 1 is 0.920 bits per heavy atom. The zero-order valence-electron chi connectivity index (χ0n) is 13.3. The van der Waals surface area contributed by atoms with E-state index in [-0.39, 0.29) is 5.84 Å². The van der Waals surface area contributed by atoms with Crippen molar-refractivity contribution in [2.45, 2.75) is 18.3 Å². The average molecular weight is 344 g/mol. The molecule has 0 aromatic heterocycles. The molecule has 0 spiro atoms. The van der Waals surface area contributed by atoms with Gasteiger partial charge in [-0.15, -0.1) is 10.2 Å². The second-order valence-corrected chi connectivity index (χ2v) is 5.17. The maximum absolute atomic E-state index is 10.2. The summed E-state index contributed by atoms with van der Waals surface area (Å²) in [6, 6.07) is 17.7. The van der Waals surface area contributed by atoms with E-state index in [0.717, 1.165) is 0 Å². The molecule has 0 aliphatic heterocycles. The van der Waals surface area contributed by atoms with Crippen LogP contribution in [0.25, 0.3) is 0 Å². The number of rotatable bonds is 7. The number of hydrogen-bond donors (Lipinski definition) is 5. The number of aliphatic hydroxyl groups is 4. The summed E-state index contributed by atoms with van der Waals surface area (Å²) < 4.78 is 0. The topological polar surface area (TPSA) is 130 Å². The molecule has 2 rings (SSSR count). The molecule has 3 atom stereocenters. The van der Waals surface area contributed by atoms with Crippen molar-refractivity contribution in [3.8, 4) is 0 Å². The van der Waals surface area contributed by atoms with Gasteiger partial charge < -0.3 is 20.4 Å². The van der Waals surface area contributed by atoms with Gasteiger partial charge in [-0.2, -0.15) is 5.10 Å². The van der Waals surface area contributed by atoms with Crippen LogP contribution in [-0.2, 0) is 0 Å². The van der Waals surface area contributed by atoms with E-state index in [4.69, 9.17) is 5.11 Å². The Labute approximate surface area is 144 Å². The fourth-order valence-corrected chi connectivity index (χ4v) is 1.86. The van der Waals surface area contributed by atoms with E-state index in [1.165, 1.54) is 0 Å². The van der Waals surface area contributed by atoms with Crippen LogP contribution in [0.2, 0.25) is 0 Å². The summed E-state index contributed by atoms with van der Waals surface area (Å²) >= 11 is 0. The molecule has 0 fully saturated rings. The molecule has 2 aromatic rings. The predicted octanol–water partition coefficient (Wildman–Crippen LogP) is 1.27. The molecule has 8 heteroatoms. The van der Waals surface area contributed by atoms with Crippen molar-refractivity contribution in [2.75, 3.05) is 12.0 Å². The molecule has 8 nitrogen and oxygen atoms in total. The lowest BCUT2D eigenvalue weighted by molar-refractivity contribution is -0.0557. The fraction of sp³-hybridized carbons (Fsp3) is 0.235. The summed E-state index contributed by atoms with van der Waals surface area (Å²) in [4.78, 5) is 0. The largest absolute Gasteiger partial charge is 0.394 e. The van der Waals surface area contributed by atoms with Gasteiger partial charge in [-0.05, 0) is 24.3 Å². The van der Waals surface area contributed by atoms with Crippen LogP contribution in [-0.4, -0.2) is 51.2 Å². The molecule has 0 saturated heterocycles. The van der Waals surface area contributed by atoms with E-state index in [1.807, 2.05) is 12.1 Å². The van der Waals surface area contributed by atoms with E-state index in [1.54, 1.807) is 48.5 Å². The summed E-state index contributed by atoms with van der Waals surface area (Å²) in [6.07, 6.45) is -4.86. The van der Waals surface area contributed by atoms with E-state index in [9.17, 15) is 15.3 Å². The van der Waals surface area contributed by atoms with Crippen LogP contribution in [0.1, 0.15) is 0 Å². The van der Waals surface area contributed by atoms with Crippen LogP contribution < -0.4 is 5.43 Å². The summed E-state index contributed by atoms with van der Waals surface area (Å²) in [6.45, 7) is -0.715. The standard InChI is InChI=1S/C17H20N4O4/c22-11-14(23)15(24)16(25)17(20-18-12-7-3-1-4-8-12)21-19-13-9-5-2-6-10-13/h1-10,14-16,18,22-25H,11H2/b20-17+,21-19?/t14-,15-,16+/m0/s1. The van der Waals surface area contributed by atoms with Crippen molar-refractivity contribution >= 4 is 17.2 Å². The molecular weight excluding hydrogens is 324 g/mol. The highest BCUT2D eigenvalue weighted by atomic mass is 16.4. The van der Waals surface area contributed by atoms with Crippen LogP contribution in [0.5, 0.6) is 0 Å². The Kier molecular flexibility index (Phi) is 7.17. The monoisotopic (exact) mass is 344 g/mol. The van der Waals surface area contributed by atoms with Crippen LogP contribution in [0.3, 0.4) is 0 Å². The summed E-state index contributed by atoms with van der Waals surface area (Å²) in [7, 11) is 0. The van der Waals surface area contributed by atoms with Gasteiger partial charge in [0.25, 0.3) is 0 Å². The first-order valence-corrected chi connectivity index (χ1v) is 7.62. The number of hydrazone groups is 1. The van der Waals surface area contributed by atoms with Crippen LogP contribution >= 0.6 is 0 Å². The summed E-state index contributed by atoms with van der Waals surface area (Å²) in [5.41, 5.74) is 3.86. The molecule has 0 bridgehead atoms. The molecule has 0 heterocycles. The van der Waals surface area contributed by atoms with Gasteiger partial charge in [-0.25, -0.2) is 0 Å². The minimum Gasteiger partial charge on any atom is -0.394 e. The third-order valence-corrected chi connectivity index (χ3v) is 3.27. The average Bonchev–Trinajstić information content (AvgIpc) is 2.68. The first-order valence-electron chi connectivity index (χ1n) is 7.62. The van der Waals surface area contributed by atoms with Gasteiger partial charge in [0, 0.05) is 0 Å². The van der Waals surface area contributed by atoms with Gasteiger partial charge in [0.05, 0.1) is 18.0 Å². The Hall–Kier alpha value is -2.65. The molecule has 0 aliphatic rings. The number of azo groups is 1. The fourth-order valence-electron chi connectivity index (χ4n) is 1.86. The van der Waals surface area contributed by atoms with Gasteiger partial charge in [-0.3, -0.25) is 5.43 Å². The van der Waals surface area contributed by atoms with Crippen molar-refractivity contribution in [1.82, 2.24) is 0 Å². The number of nitrogens with one attached hydrogen (secondary N) is 1. The Morgan fingerprint density at radius 2 is 1.52 bits per heavy atom. The van der Waals surface area contributed by atoms with E-state index >= 15 is 0 Å². The van der Waals surface area contributed by atoms with Crippen molar-refractivity contribution in [3.63, 3.8) is 0 Å². The van der Waals surface area contributed by atoms with E-state index < -0.39 is 24.9 Å². The molecule has 0 amide bonds. The van der Waals surface area contributed by atoms with Crippen molar-refractivity contribution in [3.05, 3.63) is 60.7 Å². The number of amidine groups is 1. The van der Waals surface area contributed by atoms with E-state index in [0.29, 0.717) is 11.4 Å². The Bertz CT molecular complexity index is 694. The highest BCUT2D eigenvalue weighted by molar-refractivity contribution is 5.88. The lowest BCUT2D eigenvalue weighted by Gasteiger charge is -2.20. The zero-order chi connectivity index (χ0) is 18.1. The van der Waals surface area contributed by atoms with Gasteiger partial charge in [-0.1, -0.05) is 36.4 Å². The zero-order valence-corrected chi connectivity index (χ0v) is 13.3. The number of anilines is 1. The van der Waals surface area contributed by atoms with Crippen molar-refractivity contribution < 1.29 is 20.4 Å². The van der Waals surface area contributed by atoms with Crippen LogP contribution in [0.15, 0.2) is 76.0 Å². The highest BCUT2D eigenvalue weighted by Gasteiger charge is 2.29. The Balaban J connectivity index is 2.22. The first-order chi connectivity index (χ1) is 12.1. The van der Waals surface area contributed by atoms with Crippen molar-refractivity contribution in [1.29, 1.82) is 0 Å². The van der Waals surface area contributed by atoms with Crippen molar-refractivity contribution in [2.24, 2.45) is 15.3 Å². The van der Waals surface area contributed by atoms with Gasteiger partial charge in [0.15, 0.2) is 0 Å². The molecule has 25 heavy (non-hydrogen) atoms. The number of benzene rings is 2. The quantitative estimate of drug-likeness (QED) is 0.223. The number of aliphatic hydroxyl groups excluding tert-OH is 4. The first kappa shape index (κ1) is 18.7. The van der Waals surface area contributed by atoms with Crippen LogP contribution in [0, 0.1) is 0 Å². The predicted molar refractivity (Wildman–Crippen MR) is 93.6 cm³/mol. The molecular formula is C17H20N4O4. The normalized spacial score (nSPS) is 15.8. The smallest absolute Gasteiger partial charge is 0.202 e. The minimum atomic E-state index is -1.67. The number of hydrogen-bond acceptors (Lipinski definition) is 7. The third kappa shape index (κ3) is 5.73. The minimum absolute atomic E-state index is 0.243. The lowest BCUT2D eigenvalue weighted by Crippen LogP contribution is -2.43. The maximum Gasteiger partial charge on any atom is 0.202 e. The molecule has 0 unspecified atom stereocenters. The molecule has 132 valence electrons. The molecule has 0 aliphatic carbocycles. The number of nitrogens with zero attached hydrogens (tertiary/aromatic N) is 3. The molecule has 0 radical (unpaired) electrons. The van der Waals surface area contributed by atoms with Gasteiger partial charge in [0.2, 0.25) is 5.84 Å². The summed E-state index contributed by atoms with van der Waals surface area (Å²) in [5, 5.41) is 50.3. The number of para-hydroxylation sites is 1. The molecule has 5 N–H and O–H groups in total. The summed E-state index contributed by atoms with van der Waals surface area (Å²) in [5.74, 6) is -0.243. The lowest BCUT2D eigenvalue weighted by atomic mass is 10.1. The molecule has 0 saturated carbocycles. The third-order valence-electron chi connectivity index (χ3n) is 3.27. The highest BCUT2D eigenvalue weighted by Crippen LogP contribution is 2.13.